The zero-order chi connectivity index (χ0) is 12.3. The number of hydrogen-bond acceptors (Lipinski definition) is 4. The third-order valence-electron chi connectivity index (χ3n) is 2.34. The van der Waals surface area contributed by atoms with Crippen LogP contribution in [0.15, 0.2) is 34.9 Å². The molecule has 88 valence electrons. The fourth-order valence-corrected chi connectivity index (χ4v) is 1.68. The van der Waals surface area contributed by atoms with E-state index in [2.05, 4.69) is 37.3 Å². The van der Waals surface area contributed by atoms with Crippen molar-refractivity contribution < 1.29 is 0 Å². The summed E-state index contributed by atoms with van der Waals surface area (Å²) < 4.78 is 1.10. The normalized spacial score (nSPS) is 10.2. The van der Waals surface area contributed by atoms with E-state index < -0.39 is 0 Å². The van der Waals surface area contributed by atoms with E-state index in [1.807, 2.05) is 19.1 Å². The lowest BCUT2D eigenvalue weighted by Crippen LogP contribution is -2.05. The highest BCUT2D eigenvalue weighted by atomic mass is 79.9. The number of aryl methyl sites for hydroxylation is 1. The van der Waals surface area contributed by atoms with Crippen molar-refractivity contribution in [2.75, 3.05) is 11.1 Å². The molecule has 0 saturated carbocycles. The number of nitrogen functional groups attached to an aromatic ring is 1. The highest BCUT2D eigenvalue weighted by molar-refractivity contribution is 9.10. The topological polar surface area (TPSA) is 63.8 Å². The molecule has 0 radical (unpaired) electrons. The molecule has 0 saturated heterocycles. The van der Waals surface area contributed by atoms with Crippen LogP contribution in [0, 0.1) is 6.92 Å². The first-order chi connectivity index (χ1) is 8.15. The van der Waals surface area contributed by atoms with E-state index in [-0.39, 0.29) is 0 Å². The molecule has 2 aromatic rings. The van der Waals surface area contributed by atoms with Gasteiger partial charge in [0.25, 0.3) is 0 Å². The standard InChI is InChI=1S/C12H13BrN4/c1-8-6-9(2-3-10(8)13)16-7-12-15-5-4-11(14)17-12/h2-6,16H,7H2,1H3,(H2,14,15,17). The largest absolute Gasteiger partial charge is 0.384 e. The van der Waals surface area contributed by atoms with Gasteiger partial charge in [-0.2, -0.15) is 0 Å². The van der Waals surface area contributed by atoms with Gasteiger partial charge in [-0.1, -0.05) is 15.9 Å². The predicted molar refractivity (Wildman–Crippen MR) is 72.7 cm³/mol. The number of hydrogen-bond donors (Lipinski definition) is 2. The number of nitrogens with two attached hydrogens (primary N) is 1. The number of aromatic nitrogens is 2. The Morgan fingerprint density at radius 3 is 2.88 bits per heavy atom. The zero-order valence-corrected chi connectivity index (χ0v) is 11.0. The first-order valence-electron chi connectivity index (χ1n) is 5.22. The number of nitrogens with zero attached hydrogens (tertiary/aromatic N) is 2. The van der Waals surface area contributed by atoms with Crippen molar-refractivity contribution in [2.45, 2.75) is 13.5 Å². The summed E-state index contributed by atoms with van der Waals surface area (Å²) in [4.78, 5) is 8.25. The van der Waals surface area contributed by atoms with E-state index in [9.17, 15) is 0 Å². The van der Waals surface area contributed by atoms with Crippen LogP contribution in [0.1, 0.15) is 11.4 Å². The lowest BCUT2D eigenvalue weighted by atomic mass is 10.2. The molecule has 2 rings (SSSR count). The minimum absolute atomic E-state index is 0.490. The monoisotopic (exact) mass is 292 g/mol. The first-order valence-corrected chi connectivity index (χ1v) is 6.02. The molecule has 0 aliphatic heterocycles. The Balaban J connectivity index is 2.05. The fraction of sp³-hybridized carbons (Fsp3) is 0.167. The number of halogens is 1. The van der Waals surface area contributed by atoms with E-state index in [1.54, 1.807) is 12.3 Å². The molecule has 0 atom stereocenters. The van der Waals surface area contributed by atoms with Crippen molar-refractivity contribution in [3.63, 3.8) is 0 Å². The maximum absolute atomic E-state index is 5.59. The van der Waals surface area contributed by atoms with E-state index >= 15 is 0 Å². The second-order valence-corrected chi connectivity index (χ2v) is 4.57. The summed E-state index contributed by atoms with van der Waals surface area (Å²) in [5, 5.41) is 3.25. The van der Waals surface area contributed by atoms with Crippen LogP contribution in [-0.2, 0) is 6.54 Å². The van der Waals surface area contributed by atoms with Gasteiger partial charge in [-0.3, -0.25) is 0 Å². The second kappa shape index (κ2) is 5.14. The summed E-state index contributed by atoms with van der Waals surface area (Å²) in [6.07, 6.45) is 1.66. The highest BCUT2D eigenvalue weighted by Gasteiger charge is 1.99. The summed E-state index contributed by atoms with van der Waals surface area (Å²) in [5.74, 6) is 1.18. The van der Waals surface area contributed by atoms with E-state index in [0.29, 0.717) is 18.2 Å². The van der Waals surface area contributed by atoms with Gasteiger partial charge in [0.2, 0.25) is 0 Å². The van der Waals surface area contributed by atoms with Crippen LogP contribution < -0.4 is 11.1 Å². The molecule has 3 N–H and O–H groups in total. The zero-order valence-electron chi connectivity index (χ0n) is 9.44. The molecule has 1 aromatic carbocycles. The van der Waals surface area contributed by atoms with Crippen LogP contribution in [0.25, 0.3) is 0 Å². The van der Waals surface area contributed by atoms with Gasteiger partial charge < -0.3 is 11.1 Å². The molecular weight excluding hydrogens is 280 g/mol. The average molecular weight is 293 g/mol. The quantitative estimate of drug-likeness (QED) is 0.913. The van der Waals surface area contributed by atoms with Crippen LogP contribution in [0.2, 0.25) is 0 Å². The van der Waals surface area contributed by atoms with Crippen molar-refractivity contribution in [2.24, 2.45) is 0 Å². The molecule has 0 fully saturated rings. The fourth-order valence-electron chi connectivity index (χ4n) is 1.44. The average Bonchev–Trinajstić information content (AvgIpc) is 2.31. The van der Waals surface area contributed by atoms with Crippen molar-refractivity contribution in [1.82, 2.24) is 9.97 Å². The Morgan fingerprint density at radius 1 is 1.35 bits per heavy atom. The summed E-state index contributed by atoms with van der Waals surface area (Å²) in [7, 11) is 0. The van der Waals surface area contributed by atoms with Crippen LogP contribution in [-0.4, -0.2) is 9.97 Å². The van der Waals surface area contributed by atoms with Gasteiger partial charge in [-0.15, -0.1) is 0 Å². The van der Waals surface area contributed by atoms with Crippen LogP contribution in [0.5, 0.6) is 0 Å². The second-order valence-electron chi connectivity index (χ2n) is 3.72. The van der Waals surface area contributed by atoms with Gasteiger partial charge in [0, 0.05) is 16.4 Å². The summed E-state index contributed by atoms with van der Waals surface area (Å²) in [5.41, 5.74) is 7.81. The summed E-state index contributed by atoms with van der Waals surface area (Å²) in [6.45, 7) is 2.61. The SMILES string of the molecule is Cc1cc(NCc2nccc(N)n2)ccc1Br. The summed E-state index contributed by atoms with van der Waals surface area (Å²) in [6, 6.07) is 7.75. The smallest absolute Gasteiger partial charge is 0.149 e. The molecule has 1 aromatic heterocycles. The van der Waals surface area contributed by atoms with Crippen molar-refractivity contribution >= 4 is 27.4 Å². The molecule has 0 bridgehead atoms. The first kappa shape index (κ1) is 11.9. The lowest BCUT2D eigenvalue weighted by Gasteiger charge is -2.07. The molecule has 0 spiro atoms. The predicted octanol–water partition coefficient (Wildman–Crippen LogP) is 2.74. The third-order valence-corrected chi connectivity index (χ3v) is 3.23. The molecule has 0 unspecified atom stereocenters. The minimum Gasteiger partial charge on any atom is -0.384 e. The maximum Gasteiger partial charge on any atom is 0.149 e. The molecule has 0 aliphatic rings. The van der Waals surface area contributed by atoms with Gasteiger partial charge in [-0.05, 0) is 36.8 Å². The van der Waals surface area contributed by atoms with Gasteiger partial charge in [-0.25, -0.2) is 9.97 Å². The van der Waals surface area contributed by atoms with Crippen LogP contribution in [0.3, 0.4) is 0 Å². The van der Waals surface area contributed by atoms with Crippen molar-refractivity contribution in [1.29, 1.82) is 0 Å². The summed E-state index contributed by atoms with van der Waals surface area (Å²) >= 11 is 3.47. The Hall–Kier alpha value is -1.62. The molecule has 1 heterocycles. The number of rotatable bonds is 3. The van der Waals surface area contributed by atoms with Gasteiger partial charge in [0.1, 0.15) is 11.6 Å². The Bertz CT molecular complexity index is 528. The van der Waals surface area contributed by atoms with Gasteiger partial charge >= 0.3 is 0 Å². The minimum atomic E-state index is 0.490. The lowest BCUT2D eigenvalue weighted by molar-refractivity contribution is 0.954. The van der Waals surface area contributed by atoms with Gasteiger partial charge in [0.05, 0.1) is 6.54 Å². The molecule has 0 aliphatic carbocycles. The molecular formula is C12H13BrN4. The van der Waals surface area contributed by atoms with Gasteiger partial charge in [0.15, 0.2) is 0 Å². The Labute approximate surface area is 108 Å². The number of nitrogens with one attached hydrogen (secondary N) is 1. The maximum atomic E-state index is 5.59. The van der Waals surface area contributed by atoms with Crippen molar-refractivity contribution in [3.05, 3.63) is 46.3 Å². The molecule has 4 nitrogen and oxygen atoms in total. The van der Waals surface area contributed by atoms with E-state index in [0.717, 1.165) is 10.2 Å². The molecule has 17 heavy (non-hydrogen) atoms. The van der Waals surface area contributed by atoms with E-state index in [4.69, 9.17) is 5.73 Å². The van der Waals surface area contributed by atoms with E-state index in [1.165, 1.54) is 5.56 Å². The van der Waals surface area contributed by atoms with Crippen LogP contribution >= 0.6 is 15.9 Å². The van der Waals surface area contributed by atoms with Crippen molar-refractivity contribution in [3.8, 4) is 0 Å². The third kappa shape index (κ3) is 3.17. The number of benzene rings is 1. The van der Waals surface area contributed by atoms with Crippen LogP contribution in [0.4, 0.5) is 11.5 Å². The molecule has 0 amide bonds. The molecule has 5 heteroatoms. The Kier molecular flexibility index (Phi) is 3.58. The Morgan fingerprint density at radius 2 is 2.18 bits per heavy atom. The highest BCUT2D eigenvalue weighted by Crippen LogP contribution is 2.20. The number of anilines is 2.